The molecule has 3 aromatic carbocycles. The Bertz CT molecular complexity index is 1310. The van der Waals surface area contributed by atoms with Gasteiger partial charge < -0.3 is 4.74 Å². The van der Waals surface area contributed by atoms with Crippen LogP contribution in [0.2, 0.25) is 0 Å². The minimum absolute atomic E-state index is 0.0174. The number of nitrogens with one attached hydrogen (secondary N) is 3. The summed E-state index contributed by atoms with van der Waals surface area (Å²) in [7, 11) is -2.81. The van der Waals surface area contributed by atoms with E-state index in [0.29, 0.717) is 5.56 Å². The van der Waals surface area contributed by atoms with Crippen LogP contribution >= 0.6 is 0 Å². The number of benzene rings is 3. The fourth-order valence-electron chi connectivity index (χ4n) is 2.83. The number of carbonyl (C=O) groups is 1. The molecule has 0 saturated heterocycles. The van der Waals surface area contributed by atoms with E-state index in [2.05, 4.69) is 4.72 Å². The molecule has 0 radical (unpaired) electrons. The second-order valence-electron chi connectivity index (χ2n) is 6.71. The summed E-state index contributed by atoms with van der Waals surface area (Å²) in [5.74, 6) is -7.59. The fourth-order valence-corrected chi connectivity index (χ4v) is 4.18. The summed E-state index contributed by atoms with van der Waals surface area (Å²) in [5, 5.41) is 0. The maximum Gasteiger partial charge on any atom is 0.269 e. The number of hydrazine groups is 1. The van der Waals surface area contributed by atoms with Crippen LogP contribution in [0, 0.1) is 30.2 Å². The average Bonchev–Trinajstić information content (AvgIpc) is 2.78. The lowest BCUT2D eigenvalue weighted by molar-refractivity contribution is 0.0962. The van der Waals surface area contributed by atoms with Gasteiger partial charge in [0.1, 0.15) is 11.4 Å². The van der Waals surface area contributed by atoms with Crippen molar-refractivity contribution in [2.75, 3.05) is 17.3 Å². The van der Waals surface area contributed by atoms with E-state index < -0.39 is 44.9 Å². The van der Waals surface area contributed by atoms with Crippen LogP contribution in [0.1, 0.15) is 15.9 Å². The van der Waals surface area contributed by atoms with E-state index in [1.807, 2.05) is 5.43 Å². The molecule has 0 bridgehead atoms. The Morgan fingerprint density at radius 3 is 2.21 bits per heavy atom. The molecular formula is C21H17F4N3O4S. The van der Waals surface area contributed by atoms with E-state index in [0.717, 1.165) is 6.07 Å². The van der Waals surface area contributed by atoms with Crippen molar-refractivity contribution in [1.29, 1.82) is 0 Å². The van der Waals surface area contributed by atoms with Crippen molar-refractivity contribution in [3.05, 3.63) is 82.9 Å². The van der Waals surface area contributed by atoms with Gasteiger partial charge >= 0.3 is 0 Å². The highest BCUT2D eigenvalue weighted by Crippen LogP contribution is 2.28. The predicted molar refractivity (Wildman–Crippen MR) is 112 cm³/mol. The topological polar surface area (TPSA) is 96.5 Å². The Morgan fingerprint density at radius 1 is 0.939 bits per heavy atom. The van der Waals surface area contributed by atoms with E-state index in [9.17, 15) is 30.8 Å². The van der Waals surface area contributed by atoms with Gasteiger partial charge in [-0.05, 0) is 36.8 Å². The molecular weight excluding hydrogens is 466 g/mol. The molecule has 0 aliphatic carbocycles. The molecule has 0 saturated carbocycles. The summed E-state index contributed by atoms with van der Waals surface area (Å²) in [6, 6.07) is 9.92. The number of methoxy groups -OCH3 is 1. The van der Waals surface area contributed by atoms with Gasteiger partial charge in [-0.25, -0.2) is 26.0 Å². The molecule has 0 aliphatic rings. The second kappa shape index (κ2) is 9.36. The molecule has 0 fully saturated rings. The normalized spacial score (nSPS) is 11.1. The third kappa shape index (κ3) is 5.00. The summed E-state index contributed by atoms with van der Waals surface area (Å²) in [4.78, 5) is 12.2. The molecule has 174 valence electrons. The number of hydrogen-bond donors (Lipinski definition) is 3. The molecule has 0 heterocycles. The third-order valence-electron chi connectivity index (χ3n) is 4.50. The molecule has 3 rings (SSSR count). The summed E-state index contributed by atoms with van der Waals surface area (Å²) >= 11 is 0. The highest BCUT2D eigenvalue weighted by atomic mass is 32.2. The van der Waals surface area contributed by atoms with Crippen LogP contribution in [-0.2, 0) is 10.0 Å². The van der Waals surface area contributed by atoms with E-state index in [1.165, 1.54) is 32.2 Å². The molecule has 0 atom stereocenters. The molecule has 0 spiro atoms. The van der Waals surface area contributed by atoms with Crippen molar-refractivity contribution in [2.45, 2.75) is 11.8 Å². The van der Waals surface area contributed by atoms with Crippen LogP contribution in [0.3, 0.4) is 0 Å². The summed E-state index contributed by atoms with van der Waals surface area (Å²) in [6.07, 6.45) is 0. The zero-order valence-corrected chi connectivity index (χ0v) is 18.0. The number of anilines is 2. The van der Waals surface area contributed by atoms with Gasteiger partial charge in [0.25, 0.3) is 15.9 Å². The number of aryl methyl sites for hydroxylation is 1. The van der Waals surface area contributed by atoms with Crippen molar-refractivity contribution in [3.8, 4) is 5.75 Å². The molecule has 0 unspecified atom stereocenters. The number of carbonyl (C=O) groups excluding carboxylic acids is 1. The zero-order valence-electron chi connectivity index (χ0n) is 17.2. The van der Waals surface area contributed by atoms with Gasteiger partial charge in [-0.15, -0.1) is 0 Å². The van der Waals surface area contributed by atoms with Gasteiger partial charge in [0.2, 0.25) is 0 Å². The van der Waals surface area contributed by atoms with Gasteiger partial charge in [-0.2, -0.15) is 0 Å². The monoisotopic (exact) mass is 483 g/mol. The van der Waals surface area contributed by atoms with Crippen molar-refractivity contribution in [2.24, 2.45) is 0 Å². The first kappa shape index (κ1) is 23.9. The van der Waals surface area contributed by atoms with Crippen LogP contribution in [-0.4, -0.2) is 21.4 Å². The lowest BCUT2D eigenvalue weighted by Crippen LogP contribution is -2.31. The lowest BCUT2D eigenvalue weighted by atomic mass is 10.1. The highest BCUT2D eigenvalue weighted by Gasteiger charge is 2.22. The summed E-state index contributed by atoms with van der Waals surface area (Å²) in [5.41, 5.74) is 2.65. The maximum atomic E-state index is 13.7. The largest absolute Gasteiger partial charge is 0.495 e. The highest BCUT2D eigenvalue weighted by molar-refractivity contribution is 7.92. The second-order valence-corrected chi connectivity index (χ2v) is 8.36. The number of rotatable bonds is 7. The molecule has 7 nitrogen and oxygen atoms in total. The standard InChI is InChI=1S/C21H17F4N3O4S/c1-11-7-8-12(21(29)27-26-20-18(24)13(22)10-14(23)19(20)25)9-17(11)33(30,31)28-15-5-3-4-6-16(15)32-2/h3-10,26,28H,1-2H3,(H,27,29). The number of halogens is 4. The Labute approximate surface area is 186 Å². The lowest BCUT2D eigenvalue weighted by Gasteiger charge is -2.15. The summed E-state index contributed by atoms with van der Waals surface area (Å²) < 4.78 is 87.4. The van der Waals surface area contributed by atoms with Crippen LogP contribution < -0.4 is 20.3 Å². The number of para-hydroxylation sites is 2. The van der Waals surface area contributed by atoms with Crippen LogP contribution in [0.15, 0.2) is 53.4 Å². The van der Waals surface area contributed by atoms with Crippen molar-refractivity contribution in [3.63, 3.8) is 0 Å². The first-order valence-electron chi connectivity index (χ1n) is 9.21. The number of sulfonamides is 1. The molecule has 3 N–H and O–H groups in total. The van der Waals surface area contributed by atoms with Crippen LogP contribution in [0.25, 0.3) is 0 Å². The fraction of sp³-hybridized carbons (Fsp3) is 0.0952. The molecule has 0 aliphatic heterocycles. The van der Waals surface area contributed by atoms with E-state index in [-0.39, 0.29) is 28.0 Å². The molecule has 3 aromatic rings. The first-order valence-corrected chi connectivity index (χ1v) is 10.7. The number of ether oxygens (including phenoxy) is 1. The Kier molecular flexibility index (Phi) is 6.77. The molecule has 12 heteroatoms. The Hall–Kier alpha value is -3.80. The molecule has 33 heavy (non-hydrogen) atoms. The van der Waals surface area contributed by atoms with Gasteiger partial charge in [0.15, 0.2) is 23.3 Å². The van der Waals surface area contributed by atoms with Crippen LogP contribution in [0.5, 0.6) is 5.75 Å². The van der Waals surface area contributed by atoms with Gasteiger partial charge in [-0.1, -0.05) is 18.2 Å². The number of amides is 1. The van der Waals surface area contributed by atoms with E-state index >= 15 is 0 Å². The van der Waals surface area contributed by atoms with Crippen LogP contribution in [0.4, 0.5) is 28.9 Å². The molecule has 0 aromatic heterocycles. The Morgan fingerprint density at radius 2 is 1.58 bits per heavy atom. The Balaban J connectivity index is 1.86. The van der Waals surface area contributed by atoms with Crippen molar-refractivity contribution < 1.29 is 35.5 Å². The van der Waals surface area contributed by atoms with Crippen molar-refractivity contribution >= 4 is 27.3 Å². The zero-order chi connectivity index (χ0) is 24.3. The van der Waals surface area contributed by atoms with Gasteiger partial charge in [0.05, 0.1) is 17.7 Å². The smallest absolute Gasteiger partial charge is 0.269 e. The first-order chi connectivity index (χ1) is 15.5. The maximum absolute atomic E-state index is 13.7. The van der Waals surface area contributed by atoms with Gasteiger partial charge in [0, 0.05) is 11.6 Å². The third-order valence-corrected chi connectivity index (χ3v) is 6.01. The quantitative estimate of drug-likeness (QED) is 0.267. The van der Waals surface area contributed by atoms with E-state index in [1.54, 1.807) is 23.6 Å². The minimum Gasteiger partial charge on any atom is -0.495 e. The SMILES string of the molecule is COc1ccccc1NS(=O)(=O)c1cc(C(=O)NNc2c(F)c(F)cc(F)c2F)ccc1C. The van der Waals surface area contributed by atoms with Gasteiger partial charge in [-0.3, -0.25) is 20.4 Å². The predicted octanol–water partition coefficient (Wildman–Crippen LogP) is 4.12. The van der Waals surface area contributed by atoms with E-state index in [4.69, 9.17) is 4.74 Å². The average molecular weight is 483 g/mol. The summed E-state index contributed by atoms with van der Waals surface area (Å²) in [6.45, 7) is 1.50. The minimum atomic E-state index is -4.17. The number of hydrogen-bond acceptors (Lipinski definition) is 5. The molecule has 1 amide bonds. The van der Waals surface area contributed by atoms with Crippen molar-refractivity contribution in [1.82, 2.24) is 5.43 Å².